The summed E-state index contributed by atoms with van der Waals surface area (Å²) in [5.41, 5.74) is 5.33. The van der Waals surface area contributed by atoms with E-state index in [4.69, 9.17) is 10.8 Å². The Hall–Kier alpha value is -2.26. The Bertz CT molecular complexity index is 428. The summed E-state index contributed by atoms with van der Waals surface area (Å²) in [6.07, 6.45) is -4.96. The summed E-state index contributed by atoms with van der Waals surface area (Å²) < 4.78 is 40.1. The first kappa shape index (κ1) is 13.8. The minimum atomic E-state index is -4.48. The van der Waals surface area contributed by atoms with E-state index in [1.54, 1.807) is 0 Å². The molecule has 0 aromatic carbocycles. The van der Waals surface area contributed by atoms with E-state index in [2.05, 4.69) is 20.0 Å². The second-order valence-corrected chi connectivity index (χ2v) is 3.07. The van der Waals surface area contributed by atoms with Crippen LogP contribution in [-0.2, 0) is 4.74 Å². The molecule has 0 spiro atoms. The molecule has 100 valence electrons. The Morgan fingerprint density at radius 2 is 2.33 bits per heavy atom. The second kappa shape index (κ2) is 5.38. The zero-order chi connectivity index (χ0) is 13.8. The van der Waals surface area contributed by atoms with Crippen LogP contribution in [0.5, 0.6) is 0 Å². The van der Waals surface area contributed by atoms with E-state index >= 15 is 0 Å². The van der Waals surface area contributed by atoms with Gasteiger partial charge in [0.25, 0.3) is 0 Å². The van der Waals surface area contributed by atoms with E-state index < -0.39 is 18.9 Å². The third-order valence-corrected chi connectivity index (χ3v) is 1.65. The monoisotopic (exact) mass is 266 g/mol. The van der Waals surface area contributed by atoms with Crippen molar-refractivity contribution in [1.29, 1.82) is 0 Å². The first-order chi connectivity index (χ1) is 8.28. The van der Waals surface area contributed by atoms with Gasteiger partial charge in [0, 0.05) is 6.08 Å². The molecule has 4 N–H and O–H groups in total. The zero-order valence-corrected chi connectivity index (χ0v) is 8.86. The minimum absolute atomic E-state index is 0.0320. The van der Waals surface area contributed by atoms with Gasteiger partial charge in [0.2, 0.25) is 5.90 Å². The predicted molar refractivity (Wildman–Crippen MR) is 55.2 cm³/mol. The van der Waals surface area contributed by atoms with E-state index in [1.807, 2.05) is 0 Å². The van der Waals surface area contributed by atoms with Gasteiger partial charge < -0.3 is 20.9 Å². The molecule has 1 amide bonds. The van der Waals surface area contributed by atoms with Crippen LogP contribution in [0.4, 0.5) is 18.0 Å². The van der Waals surface area contributed by atoms with Crippen LogP contribution in [0.2, 0.25) is 0 Å². The normalized spacial score (nSPS) is 16.5. The Morgan fingerprint density at radius 1 is 1.67 bits per heavy atom. The Balaban J connectivity index is 2.71. The lowest BCUT2D eigenvalue weighted by Gasteiger charge is -2.16. The number of nitrogens with one attached hydrogen (secondary N) is 1. The first-order valence-corrected chi connectivity index (χ1v) is 4.55. The van der Waals surface area contributed by atoms with Gasteiger partial charge in [-0.15, -0.1) is 0 Å². The second-order valence-electron chi connectivity index (χ2n) is 3.07. The SMILES string of the molecule is NC(=NC(=O)O)C1=CC(OCC(F)(F)F)=NCN1. The fourth-order valence-electron chi connectivity index (χ4n) is 0.994. The van der Waals surface area contributed by atoms with Gasteiger partial charge in [0.1, 0.15) is 6.67 Å². The van der Waals surface area contributed by atoms with Crippen LogP contribution in [0.1, 0.15) is 0 Å². The highest BCUT2D eigenvalue weighted by Crippen LogP contribution is 2.15. The summed E-state index contributed by atoms with van der Waals surface area (Å²) in [6.45, 7) is -1.58. The van der Waals surface area contributed by atoms with Crippen molar-refractivity contribution in [2.75, 3.05) is 13.3 Å². The molecule has 1 aliphatic heterocycles. The molecule has 0 atom stereocenters. The fourth-order valence-corrected chi connectivity index (χ4v) is 0.994. The molecule has 1 rings (SSSR count). The highest BCUT2D eigenvalue weighted by molar-refractivity contribution is 6.06. The number of carboxylic acid groups (broad SMARTS) is 1. The summed E-state index contributed by atoms with van der Waals surface area (Å²) in [7, 11) is 0. The van der Waals surface area contributed by atoms with Crippen molar-refractivity contribution < 1.29 is 27.8 Å². The summed E-state index contributed by atoms with van der Waals surface area (Å²) in [5.74, 6) is -0.685. The van der Waals surface area contributed by atoms with Gasteiger partial charge in [0.05, 0.1) is 5.70 Å². The molecule has 0 saturated heterocycles. The molecule has 0 fully saturated rings. The number of nitrogens with zero attached hydrogens (tertiary/aromatic N) is 2. The van der Waals surface area contributed by atoms with Crippen molar-refractivity contribution >= 4 is 17.8 Å². The van der Waals surface area contributed by atoms with Crippen molar-refractivity contribution in [3.63, 3.8) is 0 Å². The molecular formula is C8H9F3N4O3. The van der Waals surface area contributed by atoms with E-state index in [0.29, 0.717) is 0 Å². The molecule has 0 aromatic rings. The smallest absolute Gasteiger partial charge is 0.433 e. The highest BCUT2D eigenvalue weighted by Gasteiger charge is 2.29. The third-order valence-electron chi connectivity index (χ3n) is 1.65. The van der Waals surface area contributed by atoms with Gasteiger partial charge in [-0.2, -0.15) is 18.2 Å². The Morgan fingerprint density at radius 3 is 2.89 bits per heavy atom. The Kier molecular flexibility index (Phi) is 4.13. The van der Waals surface area contributed by atoms with Crippen LogP contribution in [0.3, 0.4) is 0 Å². The number of halogens is 3. The number of amidine groups is 1. The maximum Gasteiger partial charge on any atom is 0.433 e. The van der Waals surface area contributed by atoms with Crippen LogP contribution >= 0.6 is 0 Å². The molecule has 1 heterocycles. The van der Waals surface area contributed by atoms with Crippen molar-refractivity contribution in [1.82, 2.24) is 5.32 Å². The lowest BCUT2D eigenvalue weighted by atomic mass is 10.3. The fraction of sp³-hybridized carbons (Fsp3) is 0.375. The molecule has 0 unspecified atom stereocenters. The molecule has 0 aliphatic carbocycles. The van der Waals surface area contributed by atoms with Crippen LogP contribution in [0, 0.1) is 0 Å². The van der Waals surface area contributed by atoms with E-state index in [1.165, 1.54) is 0 Å². The summed E-state index contributed by atoms with van der Waals surface area (Å²) in [4.78, 5) is 16.8. The van der Waals surface area contributed by atoms with Crippen LogP contribution < -0.4 is 11.1 Å². The number of nitrogens with two attached hydrogens (primary N) is 1. The van der Waals surface area contributed by atoms with Gasteiger partial charge in [-0.05, 0) is 0 Å². The van der Waals surface area contributed by atoms with Crippen LogP contribution in [0.25, 0.3) is 0 Å². The molecule has 18 heavy (non-hydrogen) atoms. The molecule has 0 aromatic heterocycles. The number of ether oxygens (including phenoxy) is 1. The van der Waals surface area contributed by atoms with E-state index in [0.717, 1.165) is 6.08 Å². The maximum atomic E-state index is 11.9. The number of alkyl halides is 3. The van der Waals surface area contributed by atoms with Gasteiger partial charge in [-0.3, -0.25) is 0 Å². The molecule has 10 heteroatoms. The summed E-state index contributed by atoms with van der Waals surface area (Å²) >= 11 is 0. The lowest BCUT2D eigenvalue weighted by molar-refractivity contribution is -0.156. The number of hydrogen-bond donors (Lipinski definition) is 3. The molecular weight excluding hydrogens is 257 g/mol. The third kappa shape index (κ3) is 4.72. The standard InChI is InChI=1S/C8H9F3N4O3/c9-8(10,11)2-18-5-1-4(13-3-14-5)6(12)15-7(16)17/h1,13H,2-3H2,(H2,12,15)(H,16,17). The largest absolute Gasteiger partial charge is 0.468 e. The number of hydrogen-bond acceptors (Lipinski definition) is 4. The molecule has 0 bridgehead atoms. The number of amides is 1. The van der Waals surface area contributed by atoms with Crippen LogP contribution in [-0.4, -0.2) is 42.4 Å². The topological polar surface area (TPSA) is 109 Å². The highest BCUT2D eigenvalue weighted by atomic mass is 19.4. The van der Waals surface area contributed by atoms with E-state index in [-0.39, 0.29) is 24.1 Å². The minimum Gasteiger partial charge on any atom is -0.468 e. The van der Waals surface area contributed by atoms with Gasteiger partial charge in [-0.1, -0.05) is 0 Å². The quantitative estimate of drug-likeness (QED) is 0.496. The molecule has 7 nitrogen and oxygen atoms in total. The average Bonchev–Trinajstić information content (AvgIpc) is 2.25. The average molecular weight is 266 g/mol. The van der Waals surface area contributed by atoms with Gasteiger partial charge in [0.15, 0.2) is 12.4 Å². The molecule has 0 saturated carbocycles. The zero-order valence-electron chi connectivity index (χ0n) is 8.86. The van der Waals surface area contributed by atoms with Crippen molar-refractivity contribution in [2.45, 2.75) is 6.18 Å². The van der Waals surface area contributed by atoms with Gasteiger partial charge >= 0.3 is 12.3 Å². The van der Waals surface area contributed by atoms with Crippen molar-refractivity contribution in [2.24, 2.45) is 15.7 Å². The number of carbonyl (C=O) groups is 1. The van der Waals surface area contributed by atoms with Crippen LogP contribution in [0.15, 0.2) is 21.8 Å². The Labute approximate surface area is 98.8 Å². The van der Waals surface area contributed by atoms with E-state index in [9.17, 15) is 18.0 Å². The lowest BCUT2D eigenvalue weighted by Crippen LogP contribution is -2.32. The van der Waals surface area contributed by atoms with Crippen molar-refractivity contribution in [3.8, 4) is 0 Å². The molecule has 1 aliphatic rings. The number of aliphatic imine (C=N–C) groups is 2. The summed E-state index contributed by atoms with van der Waals surface area (Å²) in [6, 6.07) is 0. The maximum absolute atomic E-state index is 11.9. The predicted octanol–water partition coefficient (Wildman–Crippen LogP) is 0.444. The van der Waals surface area contributed by atoms with Gasteiger partial charge in [-0.25, -0.2) is 9.79 Å². The first-order valence-electron chi connectivity index (χ1n) is 4.55. The summed E-state index contributed by atoms with van der Waals surface area (Å²) in [5, 5.41) is 10.9. The molecule has 0 radical (unpaired) electrons. The van der Waals surface area contributed by atoms with Crippen molar-refractivity contribution in [3.05, 3.63) is 11.8 Å². The number of rotatable bonds is 2.